The first kappa shape index (κ1) is 25.8. The first-order chi connectivity index (χ1) is 17.6. The van der Waals surface area contributed by atoms with E-state index in [0.29, 0.717) is 5.56 Å². The predicted octanol–water partition coefficient (Wildman–Crippen LogP) is 2.45. The Morgan fingerprint density at radius 3 is 2.45 bits per heavy atom. The van der Waals surface area contributed by atoms with Gasteiger partial charge >= 0.3 is 17.9 Å². The highest BCUT2D eigenvalue weighted by Gasteiger charge is 2.90. The van der Waals surface area contributed by atoms with Gasteiger partial charge in [-0.3, -0.25) is 9.59 Å². The minimum Gasteiger partial charge on any atom is -0.472 e. The van der Waals surface area contributed by atoms with Crippen LogP contribution in [0.5, 0.6) is 0 Å². The molecular weight excluding hydrogens is 496 g/mol. The molecule has 0 bridgehead atoms. The molecule has 1 aromatic heterocycles. The average Bonchev–Trinajstić information content (AvgIpc) is 3.39. The molecule has 3 aliphatic heterocycles. The van der Waals surface area contributed by atoms with E-state index in [1.165, 1.54) is 19.5 Å². The van der Waals surface area contributed by atoms with Crippen molar-refractivity contribution >= 4 is 17.9 Å². The third-order valence-electron chi connectivity index (χ3n) is 10.9. The van der Waals surface area contributed by atoms with Crippen molar-refractivity contribution in [2.24, 2.45) is 28.1 Å². The number of fused-ring (bicyclic) bond motifs is 3. The molecule has 1 aromatic rings. The Labute approximate surface area is 220 Å². The zero-order valence-electron chi connectivity index (χ0n) is 22.6. The number of ether oxygens (including phenoxy) is 4. The van der Waals surface area contributed by atoms with Crippen molar-refractivity contribution in [3.8, 4) is 0 Å². The molecular formula is C28H36O10. The molecule has 0 amide bonds. The lowest BCUT2D eigenvalue weighted by Gasteiger charge is -2.69. The molecule has 5 aliphatic rings. The number of cyclic esters (lactones) is 2. The minimum atomic E-state index is -1.17. The maximum Gasteiger partial charge on any atom is 0.339 e. The van der Waals surface area contributed by atoms with Crippen molar-refractivity contribution < 1.29 is 48.0 Å². The van der Waals surface area contributed by atoms with Crippen molar-refractivity contribution in [1.82, 2.24) is 0 Å². The van der Waals surface area contributed by atoms with Crippen LogP contribution in [0.25, 0.3) is 0 Å². The van der Waals surface area contributed by atoms with Gasteiger partial charge in [-0.25, -0.2) is 4.79 Å². The van der Waals surface area contributed by atoms with Crippen molar-refractivity contribution in [1.29, 1.82) is 0 Å². The van der Waals surface area contributed by atoms with Gasteiger partial charge in [-0.05, 0) is 32.8 Å². The normalized spacial score (nSPS) is 50.7. The molecule has 4 heterocycles. The Hall–Kier alpha value is -2.43. The molecule has 11 atom stereocenters. The second kappa shape index (κ2) is 7.61. The van der Waals surface area contributed by atoms with Gasteiger partial charge in [-0.15, -0.1) is 0 Å². The van der Waals surface area contributed by atoms with E-state index in [9.17, 15) is 24.6 Å². The second-order valence-corrected chi connectivity index (χ2v) is 13.1. The number of hydrogen-bond acceptors (Lipinski definition) is 10. The summed E-state index contributed by atoms with van der Waals surface area (Å²) < 4.78 is 29.5. The molecule has 38 heavy (non-hydrogen) atoms. The Balaban J connectivity index is 1.59. The van der Waals surface area contributed by atoms with Gasteiger partial charge in [0.15, 0.2) is 6.10 Å². The van der Waals surface area contributed by atoms with E-state index in [1.54, 1.807) is 19.9 Å². The smallest absolute Gasteiger partial charge is 0.339 e. The van der Waals surface area contributed by atoms with Crippen molar-refractivity contribution in [2.75, 3.05) is 0 Å². The summed E-state index contributed by atoms with van der Waals surface area (Å²) in [7, 11) is 0. The zero-order chi connectivity index (χ0) is 27.6. The number of carbonyl (C=O) groups is 3. The van der Waals surface area contributed by atoms with Crippen LogP contribution in [0, 0.1) is 28.1 Å². The standard InChI is InChI=1S/C28H36O10/c1-13(29)35-18-9-16-24(2,3)37-19(32)10-17(31)26(16,5)20-15(30)11-25(4)21(14-7-8-34-12-14)36-23(33)22-28(25,38-22)27(18,20)6/h7-8,12,15-18,20-22,30-31H,9-11H2,1-6H3. The molecule has 5 fully saturated rings. The van der Waals surface area contributed by atoms with Crippen LogP contribution in [0.4, 0.5) is 0 Å². The molecule has 2 aliphatic carbocycles. The summed E-state index contributed by atoms with van der Waals surface area (Å²) in [5, 5.41) is 23.7. The molecule has 2 saturated carbocycles. The Bertz CT molecular complexity index is 1190. The van der Waals surface area contributed by atoms with Crippen LogP contribution >= 0.6 is 0 Å². The summed E-state index contributed by atoms with van der Waals surface area (Å²) in [4.78, 5) is 38.5. The first-order valence-corrected chi connectivity index (χ1v) is 13.3. The van der Waals surface area contributed by atoms with E-state index in [2.05, 4.69) is 0 Å². The molecule has 11 unspecified atom stereocenters. The van der Waals surface area contributed by atoms with Gasteiger partial charge in [0.1, 0.15) is 23.4 Å². The lowest BCUT2D eigenvalue weighted by Crippen LogP contribution is -2.77. The Kier molecular flexibility index (Phi) is 5.17. The average molecular weight is 533 g/mol. The van der Waals surface area contributed by atoms with Crippen LogP contribution in [0.2, 0.25) is 0 Å². The van der Waals surface area contributed by atoms with Gasteiger partial charge < -0.3 is 33.6 Å². The molecule has 2 N–H and O–H groups in total. The highest BCUT2D eigenvalue weighted by molar-refractivity contribution is 5.82. The van der Waals surface area contributed by atoms with Crippen molar-refractivity contribution in [2.45, 2.75) is 103 Å². The van der Waals surface area contributed by atoms with Crippen LogP contribution in [-0.4, -0.2) is 63.7 Å². The molecule has 208 valence electrons. The van der Waals surface area contributed by atoms with Gasteiger partial charge in [-0.1, -0.05) is 20.8 Å². The summed E-state index contributed by atoms with van der Waals surface area (Å²) in [5.74, 6) is -2.75. The zero-order valence-corrected chi connectivity index (χ0v) is 22.6. The predicted molar refractivity (Wildman–Crippen MR) is 128 cm³/mol. The highest BCUT2D eigenvalue weighted by atomic mass is 16.7. The Morgan fingerprint density at radius 1 is 1.11 bits per heavy atom. The van der Waals surface area contributed by atoms with Gasteiger partial charge in [-0.2, -0.15) is 0 Å². The summed E-state index contributed by atoms with van der Waals surface area (Å²) in [6.07, 6.45) is -1.46. The van der Waals surface area contributed by atoms with Crippen molar-refractivity contribution in [3.63, 3.8) is 0 Å². The van der Waals surface area contributed by atoms with Crippen LogP contribution in [-0.2, 0) is 33.3 Å². The number of carbonyl (C=O) groups excluding carboxylic acids is 3. The molecule has 0 radical (unpaired) electrons. The number of hydrogen-bond donors (Lipinski definition) is 2. The third kappa shape index (κ3) is 2.86. The largest absolute Gasteiger partial charge is 0.472 e. The lowest BCUT2D eigenvalue weighted by molar-refractivity contribution is -0.300. The number of aliphatic hydroxyl groups excluding tert-OH is 2. The minimum absolute atomic E-state index is 0.184. The number of furan rings is 1. The highest BCUT2D eigenvalue weighted by Crippen LogP contribution is 2.79. The first-order valence-electron chi connectivity index (χ1n) is 13.3. The molecule has 3 saturated heterocycles. The molecule has 0 aromatic carbocycles. The molecule has 6 rings (SSSR count). The van der Waals surface area contributed by atoms with E-state index in [0.717, 1.165) is 0 Å². The summed E-state index contributed by atoms with van der Waals surface area (Å²) >= 11 is 0. The van der Waals surface area contributed by atoms with Crippen LogP contribution < -0.4 is 0 Å². The number of rotatable bonds is 2. The second-order valence-electron chi connectivity index (χ2n) is 13.1. The van der Waals surface area contributed by atoms with E-state index in [1.807, 2.05) is 20.8 Å². The molecule has 1 spiro atoms. The maximum atomic E-state index is 13.3. The summed E-state index contributed by atoms with van der Waals surface area (Å²) in [5.41, 5.74) is -4.64. The van der Waals surface area contributed by atoms with Crippen LogP contribution in [0.3, 0.4) is 0 Å². The van der Waals surface area contributed by atoms with Crippen molar-refractivity contribution in [3.05, 3.63) is 24.2 Å². The quantitative estimate of drug-likeness (QED) is 0.331. The van der Waals surface area contributed by atoms with Gasteiger partial charge in [0.05, 0.1) is 31.2 Å². The van der Waals surface area contributed by atoms with Gasteiger partial charge in [0.2, 0.25) is 0 Å². The SMILES string of the molecule is CC(=O)OC1CC2C(C)(C)OC(=O)CC(O)C2(C)C2C(O)CC3(C)C(c4ccoc4)OC(=O)C4OC43C12C. The number of aliphatic hydroxyl groups is 2. The van der Waals surface area contributed by atoms with Gasteiger partial charge in [0, 0.05) is 40.6 Å². The fourth-order valence-electron chi connectivity index (χ4n) is 9.69. The molecule has 10 nitrogen and oxygen atoms in total. The lowest BCUT2D eigenvalue weighted by atomic mass is 9.36. The number of epoxide rings is 1. The van der Waals surface area contributed by atoms with Crippen LogP contribution in [0.1, 0.15) is 72.5 Å². The Morgan fingerprint density at radius 2 is 1.82 bits per heavy atom. The van der Waals surface area contributed by atoms with E-state index >= 15 is 0 Å². The third-order valence-corrected chi connectivity index (χ3v) is 10.9. The van der Waals surface area contributed by atoms with Gasteiger partial charge in [0.25, 0.3) is 0 Å². The topological polar surface area (TPSA) is 145 Å². The maximum absolute atomic E-state index is 13.3. The fraction of sp³-hybridized carbons (Fsp3) is 0.750. The summed E-state index contributed by atoms with van der Waals surface area (Å²) in [6, 6.07) is 1.72. The summed E-state index contributed by atoms with van der Waals surface area (Å²) in [6.45, 7) is 10.6. The number of esters is 3. The van der Waals surface area contributed by atoms with Crippen LogP contribution in [0.15, 0.2) is 23.0 Å². The van der Waals surface area contributed by atoms with E-state index in [-0.39, 0.29) is 19.3 Å². The molecule has 10 heteroatoms. The van der Waals surface area contributed by atoms with E-state index < -0.39 is 87.7 Å². The van der Waals surface area contributed by atoms with E-state index in [4.69, 9.17) is 23.4 Å². The fourth-order valence-corrected chi connectivity index (χ4v) is 9.69. The monoisotopic (exact) mass is 532 g/mol.